The second kappa shape index (κ2) is 7.74. The van der Waals surface area contributed by atoms with Gasteiger partial charge in [-0.05, 0) is 32.6 Å². The minimum absolute atomic E-state index is 0.304. The van der Waals surface area contributed by atoms with Gasteiger partial charge in [0.2, 0.25) is 0 Å². The van der Waals surface area contributed by atoms with E-state index in [2.05, 4.69) is 29.4 Å². The Morgan fingerprint density at radius 1 is 1.35 bits per heavy atom. The van der Waals surface area contributed by atoms with Crippen LogP contribution in [0.3, 0.4) is 0 Å². The van der Waals surface area contributed by atoms with Gasteiger partial charge in [0, 0.05) is 18.5 Å². The second-order valence-corrected chi connectivity index (χ2v) is 6.36. The Morgan fingerprint density at radius 3 is 2.75 bits per heavy atom. The van der Waals surface area contributed by atoms with Crippen molar-refractivity contribution in [2.24, 2.45) is 11.8 Å². The van der Waals surface area contributed by atoms with Gasteiger partial charge in [0.1, 0.15) is 12.2 Å². The van der Waals surface area contributed by atoms with Crippen LogP contribution in [0, 0.1) is 5.92 Å². The summed E-state index contributed by atoms with van der Waals surface area (Å²) in [6, 6.07) is 0.655. The van der Waals surface area contributed by atoms with Gasteiger partial charge in [-0.2, -0.15) is 5.10 Å². The molecule has 0 saturated heterocycles. The molecule has 5 heteroatoms. The van der Waals surface area contributed by atoms with E-state index in [4.69, 9.17) is 5.84 Å². The summed E-state index contributed by atoms with van der Waals surface area (Å²) in [5, 5.41) is 4.29. The number of nitrogens with two attached hydrogens (primary N) is 1. The lowest BCUT2D eigenvalue weighted by molar-refractivity contribution is 0.310. The molecule has 5 nitrogen and oxygen atoms in total. The largest absolute Gasteiger partial charge is 0.271 e. The lowest BCUT2D eigenvalue weighted by Crippen LogP contribution is -2.38. The van der Waals surface area contributed by atoms with Gasteiger partial charge in [0.25, 0.3) is 0 Å². The molecule has 1 aromatic heterocycles. The van der Waals surface area contributed by atoms with Gasteiger partial charge < -0.3 is 0 Å². The van der Waals surface area contributed by atoms with E-state index in [1.807, 2.05) is 4.68 Å². The van der Waals surface area contributed by atoms with E-state index in [1.165, 1.54) is 38.5 Å². The van der Waals surface area contributed by atoms with Gasteiger partial charge in [-0.25, -0.2) is 9.67 Å². The van der Waals surface area contributed by atoms with Crippen molar-refractivity contribution in [1.82, 2.24) is 20.2 Å². The third-order valence-electron chi connectivity index (χ3n) is 4.45. The average molecular weight is 279 g/mol. The van der Waals surface area contributed by atoms with Gasteiger partial charge in [0.05, 0.1) is 0 Å². The number of aromatic nitrogens is 3. The summed E-state index contributed by atoms with van der Waals surface area (Å²) >= 11 is 0. The molecular weight excluding hydrogens is 250 g/mol. The SMILES string of the molecule is CC(C)n1ncnc1CC(CCC1CCCCC1)NN. The van der Waals surface area contributed by atoms with Crippen molar-refractivity contribution in [3.8, 4) is 0 Å². The normalized spacial score (nSPS) is 18.6. The predicted octanol–water partition coefficient (Wildman–Crippen LogP) is 2.59. The van der Waals surface area contributed by atoms with Gasteiger partial charge >= 0.3 is 0 Å². The molecule has 1 saturated carbocycles. The maximum absolute atomic E-state index is 5.72. The van der Waals surface area contributed by atoms with Crippen molar-refractivity contribution in [3.05, 3.63) is 12.2 Å². The summed E-state index contributed by atoms with van der Waals surface area (Å²) in [6.45, 7) is 4.26. The lowest BCUT2D eigenvalue weighted by atomic mass is 9.85. The fraction of sp³-hybridized carbons (Fsp3) is 0.867. The first-order valence-corrected chi connectivity index (χ1v) is 8.05. The molecule has 0 radical (unpaired) electrons. The first-order valence-electron chi connectivity index (χ1n) is 8.05. The Labute approximate surface area is 122 Å². The summed E-state index contributed by atoms with van der Waals surface area (Å²) in [7, 11) is 0. The molecular formula is C15H29N5. The molecule has 1 aliphatic carbocycles. The third kappa shape index (κ3) is 4.28. The quantitative estimate of drug-likeness (QED) is 0.594. The van der Waals surface area contributed by atoms with Crippen molar-refractivity contribution in [2.75, 3.05) is 0 Å². The number of hydrogen-bond donors (Lipinski definition) is 2. The zero-order valence-electron chi connectivity index (χ0n) is 12.9. The predicted molar refractivity (Wildman–Crippen MR) is 81.0 cm³/mol. The van der Waals surface area contributed by atoms with Crippen LogP contribution in [0.25, 0.3) is 0 Å². The highest BCUT2D eigenvalue weighted by atomic mass is 15.3. The van der Waals surface area contributed by atoms with Gasteiger partial charge in [-0.15, -0.1) is 0 Å². The van der Waals surface area contributed by atoms with Crippen LogP contribution in [-0.4, -0.2) is 20.8 Å². The third-order valence-corrected chi connectivity index (χ3v) is 4.45. The summed E-state index contributed by atoms with van der Waals surface area (Å²) in [5.74, 6) is 7.66. The molecule has 0 amide bonds. The minimum Gasteiger partial charge on any atom is -0.271 e. The maximum atomic E-state index is 5.72. The molecule has 1 fully saturated rings. The average Bonchev–Trinajstić information content (AvgIpc) is 2.93. The smallest absolute Gasteiger partial charge is 0.138 e. The van der Waals surface area contributed by atoms with Crippen LogP contribution in [0.5, 0.6) is 0 Å². The van der Waals surface area contributed by atoms with Crippen molar-refractivity contribution >= 4 is 0 Å². The summed E-state index contributed by atoms with van der Waals surface area (Å²) in [6.07, 6.45) is 12.0. The molecule has 1 aliphatic rings. The van der Waals surface area contributed by atoms with Crippen molar-refractivity contribution in [1.29, 1.82) is 0 Å². The molecule has 3 N–H and O–H groups in total. The van der Waals surface area contributed by atoms with E-state index in [0.717, 1.165) is 24.6 Å². The van der Waals surface area contributed by atoms with E-state index < -0.39 is 0 Å². The zero-order valence-corrected chi connectivity index (χ0v) is 12.9. The summed E-state index contributed by atoms with van der Waals surface area (Å²) < 4.78 is 1.99. The van der Waals surface area contributed by atoms with Crippen molar-refractivity contribution in [3.63, 3.8) is 0 Å². The standard InChI is InChI=1S/C15H29N5/c1-12(2)20-15(17-11-18-20)10-14(19-16)9-8-13-6-4-3-5-7-13/h11-14,19H,3-10,16H2,1-2H3. The maximum Gasteiger partial charge on any atom is 0.138 e. The minimum atomic E-state index is 0.304. The lowest BCUT2D eigenvalue weighted by Gasteiger charge is -2.24. The van der Waals surface area contributed by atoms with Crippen molar-refractivity contribution < 1.29 is 0 Å². The summed E-state index contributed by atoms with van der Waals surface area (Å²) in [4.78, 5) is 4.38. The second-order valence-electron chi connectivity index (χ2n) is 6.36. The fourth-order valence-corrected chi connectivity index (χ4v) is 3.23. The topological polar surface area (TPSA) is 68.8 Å². The Morgan fingerprint density at radius 2 is 2.10 bits per heavy atom. The number of hydrazine groups is 1. The van der Waals surface area contributed by atoms with E-state index in [-0.39, 0.29) is 0 Å². The van der Waals surface area contributed by atoms with Gasteiger partial charge in [-0.3, -0.25) is 11.3 Å². The molecule has 114 valence electrons. The Kier molecular flexibility index (Phi) is 5.98. The van der Waals surface area contributed by atoms with Crippen LogP contribution in [0.15, 0.2) is 6.33 Å². The molecule has 1 unspecified atom stereocenters. The molecule has 1 atom stereocenters. The van der Waals surface area contributed by atoms with Crippen LogP contribution in [-0.2, 0) is 6.42 Å². The highest BCUT2D eigenvalue weighted by Crippen LogP contribution is 2.28. The Hall–Kier alpha value is -0.940. The van der Waals surface area contributed by atoms with E-state index >= 15 is 0 Å². The first kappa shape index (κ1) is 15.4. The molecule has 20 heavy (non-hydrogen) atoms. The van der Waals surface area contributed by atoms with E-state index in [1.54, 1.807) is 6.33 Å². The van der Waals surface area contributed by atoms with Gasteiger partial charge in [0.15, 0.2) is 0 Å². The number of nitrogens with zero attached hydrogens (tertiary/aromatic N) is 3. The van der Waals surface area contributed by atoms with Crippen molar-refractivity contribution in [2.45, 2.75) is 77.3 Å². The monoisotopic (exact) mass is 279 g/mol. The Bertz CT molecular complexity index is 381. The zero-order chi connectivity index (χ0) is 14.4. The highest BCUT2D eigenvalue weighted by molar-refractivity contribution is 4.91. The number of rotatable bonds is 7. The van der Waals surface area contributed by atoms with Crippen LogP contribution in [0.2, 0.25) is 0 Å². The first-order chi connectivity index (χ1) is 9.70. The highest BCUT2D eigenvalue weighted by Gasteiger charge is 2.18. The van der Waals surface area contributed by atoms with Crippen LogP contribution in [0.4, 0.5) is 0 Å². The molecule has 0 bridgehead atoms. The number of hydrogen-bond acceptors (Lipinski definition) is 4. The van der Waals surface area contributed by atoms with Crippen LogP contribution >= 0.6 is 0 Å². The summed E-state index contributed by atoms with van der Waals surface area (Å²) in [5.41, 5.74) is 2.96. The fourth-order valence-electron chi connectivity index (χ4n) is 3.23. The van der Waals surface area contributed by atoms with Crippen LogP contribution < -0.4 is 11.3 Å². The van der Waals surface area contributed by atoms with Crippen LogP contribution in [0.1, 0.15) is 70.7 Å². The number of nitrogens with one attached hydrogen (secondary N) is 1. The molecule has 0 spiro atoms. The molecule has 0 aliphatic heterocycles. The molecule has 2 rings (SSSR count). The van der Waals surface area contributed by atoms with E-state index in [9.17, 15) is 0 Å². The molecule has 0 aromatic carbocycles. The Balaban J connectivity index is 1.83. The molecule has 1 heterocycles. The molecule has 1 aromatic rings. The van der Waals surface area contributed by atoms with E-state index in [0.29, 0.717) is 12.1 Å². The van der Waals surface area contributed by atoms with Gasteiger partial charge in [-0.1, -0.05) is 32.1 Å².